The number of carbonyl (C=O) groups is 1. The number of ether oxygens (including phenoxy) is 2. The van der Waals surface area contributed by atoms with Gasteiger partial charge in [0.25, 0.3) is 0 Å². The minimum absolute atomic E-state index is 0.0592. The van der Waals surface area contributed by atoms with Gasteiger partial charge in [-0.25, -0.2) is 0 Å². The second kappa shape index (κ2) is 9.11. The summed E-state index contributed by atoms with van der Waals surface area (Å²) in [6, 6.07) is 12.5. The SMILES string of the molecule is COCCOCC(=O)Nc1ccc2c(ccn2Cc2ccc(C(F)(F)F)cc2)c1. The smallest absolute Gasteiger partial charge is 0.382 e. The summed E-state index contributed by atoms with van der Waals surface area (Å²) in [4.78, 5) is 11.9. The maximum atomic E-state index is 12.7. The van der Waals surface area contributed by atoms with Crippen LogP contribution < -0.4 is 5.32 Å². The van der Waals surface area contributed by atoms with Crippen LogP contribution in [-0.4, -0.2) is 37.4 Å². The number of nitrogens with one attached hydrogen (secondary N) is 1. The Morgan fingerprint density at radius 2 is 1.83 bits per heavy atom. The number of anilines is 1. The molecule has 0 fully saturated rings. The highest BCUT2D eigenvalue weighted by atomic mass is 19.4. The van der Waals surface area contributed by atoms with Crippen LogP contribution in [0.15, 0.2) is 54.7 Å². The molecule has 3 aromatic rings. The van der Waals surface area contributed by atoms with Gasteiger partial charge in [-0.1, -0.05) is 12.1 Å². The lowest BCUT2D eigenvalue weighted by Crippen LogP contribution is -2.19. The highest BCUT2D eigenvalue weighted by Gasteiger charge is 2.29. The van der Waals surface area contributed by atoms with E-state index in [0.717, 1.165) is 28.6 Å². The van der Waals surface area contributed by atoms with Crippen molar-refractivity contribution >= 4 is 22.5 Å². The van der Waals surface area contributed by atoms with E-state index in [1.54, 1.807) is 13.2 Å². The van der Waals surface area contributed by atoms with Gasteiger partial charge in [0.05, 0.1) is 18.8 Å². The van der Waals surface area contributed by atoms with E-state index in [9.17, 15) is 18.0 Å². The quantitative estimate of drug-likeness (QED) is 0.567. The van der Waals surface area contributed by atoms with Gasteiger partial charge in [0.15, 0.2) is 0 Å². The minimum atomic E-state index is -4.34. The third-order valence-corrected chi connectivity index (χ3v) is 4.35. The molecule has 0 spiro atoms. The van der Waals surface area contributed by atoms with Crippen LogP contribution in [0.5, 0.6) is 0 Å². The predicted molar refractivity (Wildman–Crippen MR) is 104 cm³/mol. The molecule has 0 saturated carbocycles. The number of halogens is 3. The molecule has 29 heavy (non-hydrogen) atoms. The van der Waals surface area contributed by atoms with Crippen LogP contribution in [0, 0.1) is 0 Å². The van der Waals surface area contributed by atoms with Gasteiger partial charge in [0.2, 0.25) is 5.91 Å². The van der Waals surface area contributed by atoms with Crippen LogP contribution >= 0.6 is 0 Å². The molecule has 1 heterocycles. The zero-order chi connectivity index (χ0) is 20.9. The Bertz CT molecular complexity index is 965. The highest BCUT2D eigenvalue weighted by molar-refractivity contribution is 5.94. The number of fused-ring (bicyclic) bond motifs is 1. The van der Waals surface area contributed by atoms with Gasteiger partial charge in [0, 0.05) is 36.4 Å². The maximum absolute atomic E-state index is 12.7. The molecule has 1 amide bonds. The van der Waals surface area contributed by atoms with E-state index in [1.807, 2.05) is 29.0 Å². The molecule has 0 atom stereocenters. The van der Waals surface area contributed by atoms with E-state index in [2.05, 4.69) is 5.32 Å². The van der Waals surface area contributed by atoms with Crippen LogP contribution in [0.2, 0.25) is 0 Å². The molecular weight excluding hydrogens is 385 g/mol. The minimum Gasteiger partial charge on any atom is -0.382 e. The Morgan fingerprint density at radius 3 is 2.52 bits per heavy atom. The van der Waals surface area contributed by atoms with Crippen molar-refractivity contribution in [3.63, 3.8) is 0 Å². The first-order valence-electron chi connectivity index (χ1n) is 8.98. The number of hydrogen-bond donors (Lipinski definition) is 1. The summed E-state index contributed by atoms with van der Waals surface area (Å²) < 4.78 is 50.0. The lowest BCUT2D eigenvalue weighted by molar-refractivity contribution is -0.137. The molecule has 0 aliphatic heterocycles. The lowest BCUT2D eigenvalue weighted by atomic mass is 10.1. The van der Waals surface area contributed by atoms with Gasteiger partial charge in [-0.05, 0) is 42.0 Å². The zero-order valence-electron chi connectivity index (χ0n) is 15.8. The molecule has 3 rings (SSSR count). The molecule has 1 N–H and O–H groups in total. The summed E-state index contributed by atoms with van der Waals surface area (Å²) in [5.74, 6) is -0.260. The van der Waals surface area contributed by atoms with Crippen LogP contribution in [0.4, 0.5) is 18.9 Å². The average molecular weight is 406 g/mol. The van der Waals surface area contributed by atoms with Crippen molar-refractivity contribution in [3.05, 3.63) is 65.9 Å². The Hall–Kier alpha value is -2.84. The number of rotatable bonds is 8. The van der Waals surface area contributed by atoms with E-state index in [-0.39, 0.29) is 12.5 Å². The first-order chi connectivity index (χ1) is 13.9. The third kappa shape index (κ3) is 5.58. The molecule has 1 aromatic heterocycles. The van der Waals surface area contributed by atoms with Crippen LogP contribution in [0.1, 0.15) is 11.1 Å². The highest BCUT2D eigenvalue weighted by Crippen LogP contribution is 2.29. The van der Waals surface area contributed by atoms with Crippen molar-refractivity contribution in [1.82, 2.24) is 4.57 Å². The summed E-state index contributed by atoms with van der Waals surface area (Å²) in [7, 11) is 1.56. The standard InChI is InChI=1S/C21H21F3N2O3/c1-28-10-11-29-14-20(27)25-18-6-7-19-16(12-18)8-9-26(19)13-15-2-4-17(5-3-15)21(22,23)24/h2-9,12H,10-11,13-14H2,1H3,(H,25,27). The van der Waals surface area contributed by atoms with Gasteiger partial charge < -0.3 is 19.4 Å². The fraction of sp³-hybridized carbons (Fsp3) is 0.286. The summed E-state index contributed by atoms with van der Waals surface area (Å²) in [6.07, 6.45) is -2.48. The Labute approximate surface area is 166 Å². The average Bonchev–Trinajstić information content (AvgIpc) is 3.07. The molecule has 5 nitrogen and oxygen atoms in total. The number of alkyl halides is 3. The van der Waals surface area contributed by atoms with Gasteiger partial charge in [-0.15, -0.1) is 0 Å². The van der Waals surface area contributed by atoms with Crippen LogP contribution in [0.3, 0.4) is 0 Å². The number of methoxy groups -OCH3 is 1. The molecule has 0 unspecified atom stereocenters. The predicted octanol–water partition coefficient (Wildman–Crippen LogP) is 4.31. The van der Waals surface area contributed by atoms with Crippen molar-refractivity contribution in [1.29, 1.82) is 0 Å². The van der Waals surface area contributed by atoms with Gasteiger partial charge >= 0.3 is 6.18 Å². The third-order valence-electron chi connectivity index (χ3n) is 4.35. The Kier molecular flexibility index (Phi) is 6.56. The lowest BCUT2D eigenvalue weighted by Gasteiger charge is -2.10. The van der Waals surface area contributed by atoms with Gasteiger partial charge in [-0.3, -0.25) is 4.79 Å². The summed E-state index contributed by atoms with van der Waals surface area (Å²) in [6.45, 7) is 1.15. The molecule has 0 aliphatic carbocycles. The van der Waals surface area contributed by atoms with E-state index in [1.165, 1.54) is 12.1 Å². The van der Waals surface area contributed by atoms with E-state index in [4.69, 9.17) is 9.47 Å². The summed E-state index contributed by atoms with van der Waals surface area (Å²) >= 11 is 0. The maximum Gasteiger partial charge on any atom is 0.416 e. The van der Waals surface area contributed by atoms with Gasteiger partial charge in [-0.2, -0.15) is 13.2 Å². The number of aromatic nitrogens is 1. The topological polar surface area (TPSA) is 52.5 Å². The second-order valence-electron chi connectivity index (χ2n) is 6.51. The van der Waals surface area contributed by atoms with Crippen LogP contribution in [0.25, 0.3) is 10.9 Å². The van der Waals surface area contributed by atoms with Crippen molar-refractivity contribution < 1.29 is 27.4 Å². The fourth-order valence-corrected chi connectivity index (χ4v) is 2.92. The zero-order valence-corrected chi connectivity index (χ0v) is 15.8. The molecule has 0 saturated heterocycles. The first kappa shape index (κ1) is 20.9. The van der Waals surface area contributed by atoms with E-state index in [0.29, 0.717) is 25.4 Å². The molecule has 154 valence electrons. The van der Waals surface area contributed by atoms with Crippen molar-refractivity contribution in [3.8, 4) is 0 Å². The van der Waals surface area contributed by atoms with E-state index >= 15 is 0 Å². The second-order valence-corrected chi connectivity index (χ2v) is 6.51. The Morgan fingerprint density at radius 1 is 1.07 bits per heavy atom. The molecule has 0 radical (unpaired) electrons. The molecule has 0 aliphatic rings. The van der Waals surface area contributed by atoms with E-state index < -0.39 is 11.7 Å². The summed E-state index contributed by atoms with van der Waals surface area (Å²) in [5.41, 5.74) is 1.66. The Balaban J connectivity index is 1.65. The van der Waals surface area contributed by atoms with Crippen LogP contribution in [-0.2, 0) is 27.0 Å². The molecular formula is C21H21F3N2O3. The summed E-state index contributed by atoms with van der Waals surface area (Å²) in [5, 5.41) is 3.68. The monoisotopic (exact) mass is 406 g/mol. The normalized spacial score (nSPS) is 11.7. The first-order valence-corrected chi connectivity index (χ1v) is 8.98. The molecule has 8 heteroatoms. The van der Waals surface area contributed by atoms with Gasteiger partial charge in [0.1, 0.15) is 6.61 Å². The number of hydrogen-bond acceptors (Lipinski definition) is 3. The largest absolute Gasteiger partial charge is 0.416 e. The number of amides is 1. The number of nitrogens with zero attached hydrogens (tertiary/aromatic N) is 1. The number of carbonyl (C=O) groups excluding carboxylic acids is 1. The van der Waals surface area contributed by atoms with Crippen molar-refractivity contribution in [2.45, 2.75) is 12.7 Å². The molecule has 2 aromatic carbocycles. The number of benzene rings is 2. The van der Waals surface area contributed by atoms with Crippen molar-refractivity contribution in [2.75, 3.05) is 32.2 Å². The van der Waals surface area contributed by atoms with Crippen molar-refractivity contribution in [2.24, 2.45) is 0 Å². The fourth-order valence-electron chi connectivity index (χ4n) is 2.92. The molecule has 0 bridgehead atoms.